The van der Waals surface area contributed by atoms with Gasteiger partial charge in [-0.3, -0.25) is 4.90 Å². The summed E-state index contributed by atoms with van der Waals surface area (Å²) in [6, 6.07) is 11.4. The standard InChI is InChI=1S/C16H18BrN3S/c17-14-10-21-16(18-14)19-15-12-6-13(15)9-20(8-12)7-11-4-2-1-3-5-11/h1-5,10,12-13,15H,6-9H2,(H,18,19). The van der Waals surface area contributed by atoms with Crippen molar-refractivity contribution in [3.63, 3.8) is 0 Å². The topological polar surface area (TPSA) is 28.2 Å². The highest BCUT2D eigenvalue weighted by atomic mass is 79.9. The molecule has 5 rings (SSSR count). The number of anilines is 1. The number of benzene rings is 1. The number of aromatic nitrogens is 1. The predicted octanol–water partition coefficient (Wildman–Crippen LogP) is 3.84. The first-order chi connectivity index (χ1) is 10.3. The van der Waals surface area contributed by atoms with Gasteiger partial charge in [-0.1, -0.05) is 30.3 Å². The molecule has 1 aromatic carbocycles. The molecule has 21 heavy (non-hydrogen) atoms. The van der Waals surface area contributed by atoms with Gasteiger partial charge >= 0.3 is 0 Å². The van der Waals surface area contributed by atoms with E-state index in [-0.39, 0.29) is 0 Å². The van der Waals surface area contributed by atoms with Gasteiger partial charge in [-0.15, -0.1) is 11.3 Å². The van der Waals surface area contributed by atoms with Gasteiger partial charge in [-0.05, 0) is 39.8 Å². The van der Waals surface area contributed by atoms with Crippen molar-refractivity contribution in [3.05, 3.63) is 45.9 Å². The number of nitrogens with zero attached hydrogens (tertiary/aromatic N) is 2. The van der Waals surface area contributed by atoms with Crippen LogP contribution in [0.15, 0.2) is 40.3 Å². The van der Waals surface area contributed by atoms with Crippen molar-refractivity contribution in [1.29, 1.82) is 0 Å². The molecule has 0 radical (unpaired) electrons. The van der Waals surface area contributed by atoms with E-state index in [2.05, 4.69) is 61.5 Å². The Hall–Kier alpha value is -0.910. The number of halogens is 1. The summed E-state index contributed by atoms with van der Waals surface area (Å²) in [5.41, 5.74) is 1.42. The predicted molar refractivity (Wildman–Crippen MR) is 90.5 cm³/mol. The van der Waals surface area contributed by atoms with Gasteiger partial charge in [-0.25, -0.2) is 4.98 Å². The molecule has 3 nitrogen and oxygen atoms in total. The Morgan fingerprint density at radius 1 is 1.24 bits per heavy atom. The number of nitrogens with one attached hydrogen (secondary N) is 1. The van der Waals surface area contributed by atoms with E-state index in [1.807, 2.05) is 5.38 Å². The first kappa shape index (κ1) is 13.7. The fourth-order valence-corrected chi connectivity index (χ4v) is 4.85. The lowest BCUT2D eigenvalue weighted by molar-refractivity contribution is 0.00750. The summed E-state index contributed by atoms with van der Waals surface area (Å²) in [5.74, 6) is 1.55. The van der Waals surface area contributed by atoms with Crippen molar-refractivity contribution in [1.82, 2.24) is 9.88 Å². The van der Waals surface area contributed by atoms with Crippen LogP contribution >= 0.6 is 27.3 Å². The van der Waals surface area contributed by atoms with E-state index >= 15 is 0 Å². The van der Waals surface area contributed by atoms with Crippen LogP contribution in [0, 0.1) is 11.8 Å². The zero-order chi connectivity index (χ0) is 14.2. The van der Waals surface area contributed by atoms with Crippen LogP contribution in [0.2, 0.25) is 0 Å². The average Bonchev–Trinajstić information content (AvgIpc) is 2.91. The molecule has 2 unspecified atom stereocenters. The van der Waals surface area contributed by atoms with E-state index in [1.165, 1.54) is 25.1 Å². The van der Waals surface area contributed by atoms with Gasteiger partial charge in [0.1, 0.15) is 4.60 Å². The number of rotatable bonds is 4. The molecule has 2 aromatic rings. The molecule has 2 aliphatic heterocycles. The van der Waals surface area contributed by atoms with Crippen molar-refractivity contribution in [2.45, 2.75) is 19.0 Å². The lowest BCUT2D eigenvalue weighted by Crippen LogP contribution is -2.60. The molecule has 2 saturated heterocycles. The van der Waals surface area contributed by atoms with Crippen molar-refractivity contribution in [2.24, 2.45) is 11.8 Å². The van der Waals surface area contributed by atoms with Crippen LogP contribution in [0.5, 0.6) is 0 Å². The van der Waals surface area contributed by atoms with Crippen LogP contribution in [-0.4, -0.2) is 29.0 Å². The zero-order valence-electron chi connectivity index (χ0n) is 11.7. The summed E-state index contributed by atoms with van der Waals surface area (Å²) >= 11 is 5.11. The Morgan fingerprint density at radius 3 is 2.67 bits per heavy atom. The first-order valence-corrected chi connectivity index (χ1v) is 9.09. The third-order valence-corrected chi connectivity index (χ3v) is 6.10. The van der Waals surface area contributed by atoms with Crippen molar-refractivity contribution in [3.8, 4) is 0 Å². The second-order valence-corrected chi connectivity index (χ2v) is 7.75. The van der Waals surface area contributed by atoms with Gasteiger partial charge in [0.05, 0.1) is 0 Å². The minimum absolute atomic E-state index is 0.620. The van der Waals surface area contributed by atoms with Gasteiger partial charge in [0, 0.05) is 31.1 Å². The fraction of sp³-hybridized carbons (Fsp3) is 0.438. The van der Waals surface area contributed by atoms with Crippen LogP contribution in [0.1, 0.15) is 12.0 Å². The minimum atomic E-state index is 0.620. The lowest BCUT2D eigenvalue weighted by atomic mass is 9.66. The Morgan fingerprint density at radius 2 is 2.00 bits per heavy atom. The summed E-state index contributed by atoms with van der Waals surface area (Å²) in [5, 5.41) is 6.73. The molecule has 1 N–H and O–H groups in total. The van der Waals surface area contributed by atoms with E-state index in [9.17, 15) is 0 Å². The van der Waals surface area contributed by atoms with E-state index in [0.717, 1.165) is 28.1 Å². The van der Waals surface area contributed by atoms with Gasteiger partial charge in [0.15, 0.2) is 5.13 Å². The fourth-order valence-electron chi connectivity index (χ4n) is 3.65. The highest BCUT2D eigenvalue weighted by molar-refractivity contribution is 9.10. The monoisotopic (exact) mass is 363 g/mol. The summed E-state index contributed by atoms with van der Waals surface area (Å²) in [6.07, 6.45) is 1.37. The number of hydrogen-bond acceptors (Lipinski definition) is 4. The Balaban J connectivity index is 1.35. The number of thiazole rings is 1. The van der Waals surface area contributed by atoms with E-state index in [4.69, 9.17) is 0 Å². The maximum absolute atomic E-state index is 4.46. The van der Waals surface area contributed by atoms with Crippen molar-refractivity contribution in [2.75, 3.05) is 18.4 Å². The van der Waals surface area contributed by atoms with E-state index < -0.39 is 0 Å². The summed E-state index contributed by atoms with van der Waals surface area (Å²) in [7, 11) is 0. The molecule has 3 heterocycles. The van der Waals surface area contributed by atoms with Gasteiger partial charge in [0.2, 0.25) is 0 Å². The maximum atomic E-state index is 4.46. The molecule has 2 bridgehead atoms. The molecule has 110 valence electrons. The lowest BCUT2D eigenvalue weighted by Gasteiger charge is -2.53. The van der Waals surface area contributed by atoms with Gasteiger partial charge in [-0.2, -0.15) is 0 Å². The third kappa shape index (κ3) is 2.87. The average molecular weight is 364 g/mol. The summed E-state index contributed by atoms with van der Waals surface area (Å²) in [6.45, 7) is 3.49. The van der Waals surface area contributed by atoms with Crippen LogP contribution in [0.3, 0.4) is 0 Å². The molecular formula is C16H18BrN3S. The second kappa shape index (κ2) is 5.71. The Bertz CT molecular complexity index is 603. The minimum Gasteiger partial charge on any atom is -0.358 e. The third-order valence-electron chi connectivity index (χ3n) is 4.62. The van der Waals surface area contributed by atoms with Crippen LogP contribution in [-0.2, 0) is 6.54 Å². The highest BCUT2D eigenvalue weighted by Crippen LogP contribution is 2.42. The van der Waals surface area contributed by atoms with Crippen molar-refractivity contribution >= 4 is 32.4 Å². The molecule has 2 atom stereocenters. The molecule has 1 saturated carbocycles. The highest BCUT2D eigenvalue weighted by Gasteiger charge is 2.46. The smallest absolute Gasteiger partial charge is 0.183 e. The Labute approximate surface area is 137 Å². The molecular weight excluding hydrogens is 346 g/mol. The zero-order valence-corrected chi connectivity index (χ0v) is 14.1. The number of piperidine rings is 2. The molecule has 5 heteroatoms. The first-order valence-electron chi connectivity index (χ1n) is 7.42. The molecule has 0 spiro atoms. The largest absolute Gasteiger partial charge is 0.358 e. The molecule has 1 aliphatic carbocycles. The second-order valence-electron chi connectivity index (χ2n) is 6.08. The molecule has 1 aromatic heterocycles. The summed E-state index contributed by atoms with van der Waals surface area (Å²) in [4.78, 5) is 7.06. The Kier molecular flexibility index (Phi) is 3.73. The quantitative estimate of drug-likeness (QED) is 0.894. The van der Waals surface area contributed by atoms with Crippen LogP contribution < -0.4 is 5.32 Å². The molecule has 3 fully saturated rings. The van der Waals surface area contributed by atoms with Crippen molar-refractivity contribution < 1.29 is 0 Å². The SMILES string of the molecule is Brc1csc(NC2C3CC2CN(Cc2ccccc2)C3)n1. The van der Waals surface area contributed by atoms with E-state index in [0.29, 0.717) is 6.04 Å². The molecule has 3 aliphatic rings. The number of hydrogen-bond donors (Lipinski definition) is 1. The summed E-state index contributed by atoms with van der Waals surface area (Å²) < 4.78 is 0.935. The van der Waals surface area contributed by atoms with Gasteiger partial charge < -0.3 is 5.32 Å². The number of fused-ring (bicyclic) bond motifs is 2. The normalized spacial score (nSPS) is 28.1. The van der Waals surface area contributed by atoms with Crippen LogP contribution in [0.25, 0.3) is 0 Å². The van der Waals surface area contributed by atoms with Gasteiger partial charge in [0.25, 0.3) is 0 Å². The molecule has 0 amide bonds. The van der Waals surface area contributed by atoms with E-state index in [1.54, 1.807) is 11.3 Å². The van der Waals surface area contributed by atoms with Crippen LogP contribution in [0.4, 0.5) is 5.13 Å². The maximum Gasteiger partial charge on any atom is 0.183 e.